The van der Waals surface area contributed by atoms with Gasteiger partial charge in [0.15, 0.2) is 11.6 Å². The number of nitrogens with zero attached hydrogens (tertiary/aromatic N) is 3. The third-order valence-corrected chi connectivity index (χ3v) is 3.90. The molecule has 3 aromatic rings. The van der Waals surface area contributed by atoms with E-state index in [9.17, 15) is 5.11 Å². The maximum absolute atomic E-state index is 10.2. The summed E-state index contributed by atoms with van der Waals surface area (Å²) in [5.41, 5.74) is 4.63. The van der Waals surface area contributed by atoms with Crippen LogP contribution in [0.3, 0.4) is 0 Å². The first kappa shape index (κ1) is 16.1. The lowest BCUT2D eigenvalue weighted by Crippen LogP contribution is -1.98. The molecule has 0 spiro atoms. The third-order valence-electron chi connectivity index (χ3n) is 3.90. The van der Waals surface area contributed by atoms with Crippen LogP contribution in [-0.2, 0) is 6.42 Å². The predicted octanol–water partition coefficient (Wildman–Crippen LogP) is 3.06. The largest absolute Gasteiger partial charge is 0.507 e. The second-order valence-electron chi connectivity index (χ2n) is 5.78. The van der Waals surface area contributed by atoms with Crippen LogP contribution in [0.25, 0.3) is 22.8 Å². The molecule has 0 atom stereocenters. The van der Waals surface area contributed by atoms with Gasteiger partial charge in [-0.15, -0.1) is 0 Å². The molecule has 1 heterocycles. The van der Waals surface area contributed by atoms with Crippen LogP contribution in [0.4, 0.5) is 0 Å². The van der Waals surface area contributed by atoms with Crippen LogP contribution < -0.4 is 0 Å². The number of hydrogen-bond acceptors (Lipinski definition) is 5. The number of aliphatic hydroxyl groups is 1. The summed E-state index contributed by atoms with van der Waals surface area (Å²) in [4.78, 5) is 13.0. The zero-order valence-electron chi connectivity index (χ0n) is 13.7. The van der Waals surface area contributed by atoms with E-state index in [1.165, 1.54) is 11.9 Å². The molecule has 3 rings (SSSR count). The average Bonchev–Trinajstić information content (AvgIpc) is 2.55. The SMILES string of the molecule is Cc1ccc(-c2ncnc(-c3ccc(CCO)cc3O)n2)c(C)c1. The van der Waals surface area contributed by atoms with Crippen LogP contribution >= 0.6 is 0 Å². The molecule has 0 bridgehead atoms. The summed E-state index contributed by atoms with van der Waals surface area (Å²) in [7, 11) is 0. The molecule has 2 N–H and O–H groups in total. The van der Waals surface area contributed by atoms with E-state index in [1.54, 1.807) is 12.1 Å². The summed E-state index contributed by atoms with van der Waals surface area (Å²) in [6.07, 6.45) is 1.96. The molecule has 2 aromatic carbocycles. The molecule has 0 radical (unpaired) electrons. The number of aromatic nitrogens is 3. The molecule has 0 aliphatic carbocycles. The lowest BCUT2D eigenvalue weighted by Gasteiger charge is -2.08. The van der Waals surface area contributed by atoms with Crippen molar-refractivity contribution in [3.8, 4) is 28.5 Å². The second-order valence-corrected chi connectivity index (χ2v) is 5.78. The van der Waals surface area contributed by atoms with E-state index >= 15 is 0 Å². The Morgan fingerprint density at radius 1 is 0.917 bits per heavy atom. The van der Waals surface area contributed by atoms with Crippen LogP contribution in [0.5, 0.6) is 5.75 Å². The predicted molar refractivity (Wildman–Crippen MR) is 92.6 cm³/mol. The van der Waals surface area contributed by atoms with Gasteiger partial charge in [-0.25, -0.2) is 15.0 Å². The van der Waals surface area contributed by atoms with Gasteiger partial charge in [0.1, 0.15) is 12.1 Å². The number of rotatable bonds is 4. The van der Waals surface area contributed by atoms with Crippen LogP contribution in [0.2, 0.25) is 0 Å². The first-order valence-electron chi connectivity index (χ1n) is 7.78. The van der Waals surface area contributed by atoms with Crippen molar-refractivity contribution in [3.63, 3.8) is 0 Å². The molecule has 0 saturated heterocycles. The average molecular weight is 321 g/mol. The fourth-order valence-corrected chi connectivity index (χ4v) is 2.67. The molecular formula is C19H19N3O2. The minimum absolute atomic E-state index is 0.0430. The molecule has 1 aromatic heterocycles. The number of benzene rings is 2. The van der Waals surface area contributed by atoms with E-state index in [2.05, 4.69) is 21.0 Å². The maximum atomic E-state index is 10.2. The van der Waals surface area contributed by atoms with Gasteiger partial charge >= 0.3 is 0 Å². The maximum Gasteiger partial charge on any atom is 0.167 e. The highest BCUT2D eigenvalue weighted by Crippen LogP contribution is 2.29. The van der Waals surface area contributed by atoms with E-state index < -0.39 is 0 Å². The van der Waals surface area contributed by atoms with E-state index in [0.717, 1.165) is 16.7 Å². The van der Waals surface area contributed by atoms with Gasteiger partial charge in [-0.3, -0.25) is 0 Å². The van der Waals surface area contributed by atoms with Gasteiger partial charge in [-0.1, -0.05) is 29.8 Å². The van der Waals surface area contributed by atoms with Gasteiger partial charge in [-0.05, 0) is 43.5 Å². The lowest BCUT2D eigenvalue weighted by molar-refractivity contribution is 0.299. The molecular weight excluding hydrogens is 302 g/mol. The van der Waals surface area contributed by atoms with Crippen molar-refractivity contribution < 1.29 is 10.2 Å². The first-order valence-corrected chi connectivity index (χ1v) is 7.78. The van der Waals surface area contributed by atoms with Crippen molar-refractivity contribution in [3.05, 3.63) is 59.4 Å². The first-order chi connectivity index (χ1) is 11.6. The molecule has 0 fully saturated rings. The summed E-state index contributed by atoms with van der Waals surface area (Å²) in [6, 6.07) is 11.3. The Balaban J connectivity index is 2.02. The van der Waals surface area contributed by atoms with E-state index in [-0.39, 0.29) is 12.4 Å². The monoisotopic (exact) mass is 321 g/mol. The van der Waals surface area contributed by atoms with Gasteiger partial charge in [0.2, 0.25) is 0 Å². The number of aliphatic hydroxyl groups excluding tert-OH is 1. The highest BCUT2D eigenvalue weighted by Gasteiger charge is 2.12. The van der Waals surface area contributed by atoms with Gasteiger partial charge in [0.25, 0.3) is 0 Å². The highest BCUT2D eigenvalue weighted by atomic mass is 16.3. The molecule has 5 nitrogen and oxygen atoms in total. The smallest absolute Gasteiger partial charge is 0.167 e. The van der Waals surface area contributed by atoms with Crippen molar-refractivity contribution >= 4 is 0 Å². The number of aromatic hydroxyl groups is 1. The Morgan fingerprint density at radius 2 is 1.62 bits per heavy atom. The van der Waals surface area contributed by atoms with E-state index in [0.29, 0.717) is 23.6 Å². The topological polar surface area (TPSA) is 79.1 Å². The Kier molecular flexibility index (Phi) is 4.53. The van der Waals surface area contributed by atoms with Crippen molar-refractivity contribution in [1.29, 1.82) is 0 Å². The Labute approximate surface area is 140 Å². The fraction of sp³-hybridized carbons (Fsp3) is 0.211. The van der Waals surface area contributed by atoms with Gasteiger partial charge < -0.3 is 10.2 Å². The zero-order chi connectivity index (χ0) is 17.1. The molecule has 0 aliphatic rings. The summed E-state index contributed by atoms with van der Waals surface area (Å²) in [5, 5.41) is 19.2. The molecule has 24 heavy (non-hydrogen) atoms. The Hall–Kier alpha value is -2.79. The highest BCUT2D eigenvalue weighted by molar-refractivity contribution is 5.67. The van der Waals surface area contributed by atoms with Crippen LogP contribution in [-0.4, -0.2) is 31.8 Å². The quantitative estimate of drug-likeness (QED) is 0.772. The van der Waals surface area contributed by atoms with Gasteiger partial charge in [-0.2, -0.15) is 0 Å². The minimum Gasteiger partial charge on any atom is -0.507 e. The van der Waals surface area contributed by atoms with Crippen molar-refractivity contribution in [2.24, 2.45) is 0 Å². The molecule has 122 valence electrons. The van der Waals surface area contributed by atoms with Crippen molar-refractivity contribution in [2.75, 3.05) is 6.61 Å². The Bertz CT molecular complexity index is 878. The normalized spacial score (nSPS) is 10.8. The molecule has 0 amide bonds. The van der Waals surface area contributed by atoms with Crippen LogP contribution in [0.15, 0.2) is 42.7 Å². The number of phenolic OH excluding ortho intramolecular Hbond substituents is 1. The third kappa shape index (κ3) is 3.26. The standard InChI is InChI=1S/C19H19N3O2/c1-12-3-5-15(13(2)9-12)18-20-11-21-19(22-18)16-6-4-14(7-8-23)10-17(16)24/h3-6,9-11,23-24H,7-8H2,1-2H3. The summed E-state index contributed by atoms with van der Waals surface area (Å²) in [5.74, 6) is 1.10. The molecule has 0 saturated carbocycles. The zero-order valence-corrected chi connectivity index (χ0v) is 13.7. The van der Waals surface area contributed by atoms with Crippen molar-refractivity contribution in [2.45, 2.75) is 20.3 Å². The molecule has 0 aliphatic heterocycles. The minimum atomic E-state index is 0.0430. The van der Waals surface area contributed by atoms with Gasteiger partial charge in [0, 0.05) is 12.2 Å². The van der Waals surface area contributed by atoms with Crippen molar-refractivity contribution in [1.82, 2.24) is 15.0 Å². The fourth-order valence-electron chi connectivity index (χ4n) is 2.67. The lowest BCUT2D eigenvalue weighted by atomic mass is 10.0. The number of aryl methyl sites for hydroxylation is 2. The second kappa shape index (κ2) is 6.76. The van der Waals surface area contributed by atoms with E-state index in [1.807, 2.05) is 32.0 Å². The van der Waals surface area contributed by atoms with Crippen LogP contribution in [0, 0.1) is 13.8 Å². The number of hydrogen-bond donors (Lipinski definition) is 2. The van der Waals surface area contributed by atoms with Crippen LogP contribution in [0.1, 0.15) is 16.7 Å². The number of phenols is 1. The van der Waals surface area contributed by atoms with E-state index in [4.69, 9.17) is 5.11 Å². The molecule has 0 unspecified atom stereocenters. The molecule has 5 heteroatoms. The van der Waals surface area contributed by atoms with Gasteiger partial charge in [0.05, 0.1) is 5.56 Å². The Morgan fingerprint density at radius 3 is 2.29 bits per heavy atom. The summed E-state index contributed by atoms with van der Waals surface area (Å²) >= 11 is 0. The summed E-state index contributed by atoms with van der Waals surface area (Å²) in [6.45, 7) is 4.11. The summed E-state index contributed by atoms with van der Waals surface area (Å²) < 4.78 is 0.